The molecule has 0 spiro atoms. The molecule has 0 aromatic carbocycles. The summed E-state index contributed by atoms with van der Waals surface area (Å²) in [5.41, 5.74) is 0. The zero-order chi connectivity index (χ0) is 19.0. The van der Waals surface area contributed by atoms with Crippen molar-refractivity contribution in [3.8, 4) is 0 Å². The van der Waals surface area contributed by atoms with Crippen LogP contribution in [0.5, 0.6) is 0 Å². The Morgan fingerprint density at radius 1 is 1.08 bits per heavy atom. The number of ether oxygens (including phenoxy) is 1. The fourth-order valence-electron chi connectivity index (χ4n) is 2.17. The second kappa shape index (κ2) is 14.0. The fourth-order valence-corrected chi connectivity index (χ4v) is 2.17. The first-order valence-electron chi connectivity index (χ1n) is 9.15. The van der Waals surface area contributed by atoms with Crippen LogP contribution in [0.3, 0.4) is 0 Å². The van der Waals surface area contributed by atoms with Crippen molar-refractivity contribution in [3.63, 3.8) is 0 Å². The maximum atomic E-state index is 10.3. The highest BCUT2D eigenvalue weighted by Crippen LogP contribution is 2.26. The largest absolute Gasteiger partial charge is 0.550 e. The molecule has 0 aliphatic carbocycles. The Hall–Kier alpha value is -2.17. The number of hydrogen-bond donors (Lipinski definition) is 1. The van der Waals surface area contributed by atoms with Gasteiger partial charge in [-0.25, -0.2) is 0 Å². The summed E-state index contributed by atoms with van der Waals surface area (Å²) in [6.07, 6.45) is 25.9. The number of hydrogen-bond acceptors (Lipinski definition) is 4. The molecule has 0 radical (unpaired) electrons. The molecule has 0 amide bonds. The van der Waals surface area contributed by atoms with Crippen LogP contribution in [0.2, 0.25) is 0 Å². The van der Waals surface area contributed by atoms with Gasteiger partial charge in [0.1, 0.15) is 6.10 Å². The summed E-state index contributed by atoms with van der Waals surface area (Å²) >= 11 is 0. The Kier molecular flexibility index (Phi) is 11.8. The number of carbonyl (C=O) groups excluding carboxylic acids is 1. The number of aliphatic hydroxyl groups is 1. The van der Waals surface area contributed by atoms with E-state index in [0.29, 0.717) is 12.8 Å². The van der Waals surface area contributed by atoms with Gasteiger partial charge in [-0.15, -0.1) is 0 Å². The quantitative estimate of drug-likeness (QED) is 0.312. The SMILES string of the molecule is CC/C=C\C[C@@H](O)/C=C/C=C\C=C\C=C\C1OC1C/C=C\CCC(=O)[O-]. The van der Waals surface area contributed by atoms with Gasteiger partial charge in [-0.2, -0.15) is 0 Å². The number of epoxide rings is 1. The van der Waals surface area contributed by atoms with Crippen molar-refractivity contribution in [1.29, 1.82) is 0 Å². The average Bonchev–Trinajstić information content (AvgIpc) is 3.35. The fraction of sp³-hybridized carbons (Fsp3) is 0.409. The molecule has 3 atom stereocenters. The first-order chi connectivity index (χ1) is 12.6. The molecule has 26 heavy (non-hydrogen) atoms. The molecule has 1 aliphatic rings. The molecular weight excluding hydrogens is 328 g/mol. The molecule has 4 heteroatoms. The minimum atomic E-state index is -1.02. The van der Waals surface area contributed by atoms with Crippen molar-refractivity contribution >= 4 is 5.97 Å². The van der Waals surface area contributed by atoms with Crippen LogP contribution in [-0.2, 0) is 9.53 Å². The lowest BCUT2D eigenvalue weighted by atomic mass is 10.2. The molecular formula is C22H29O4-. The van der Waals surface area contributed by atoms with Crippen molar-refractivity contribution in [2.45, 2.75) is 57.3 Å². The smallest absolute Gasteiger partial charge is 0.103 e. The predicted molar refractivity (Wildman–Crippen MR) is 103 cm³/mol. The monoisotopic (exact) mass is 357 g/mol. The van der Waals surface area contributed by atoms with E-state index in [9.17, 15) is 15.0 Å². The highest BCUT2D eigenvalue weighted by Gasteiger charge is 2.34. The van der Waals surface area contributed by atoms with Gasteiger partial charge in [-0.05, 0) is 32.1 Å². The number of allylic oxidation sites excluding steroid dienone is 8. The molecule has 1 aliphatic heterocycles. The van der Waals surface area contributed by atoms with Crippen molar-refractivity contribution in [2.24, 2.45) is 0 Å². The van der Waals surface area contributed by atoms with Crippen LogP contribution in [0.15, 0.2) is 72.9 Å². The van der Waals surface area contributed by atoms with Crippen molar-refractivity contribution < 1.29 is 19.7 Å². The lowest BCUT2D eigenvalue weighted by molar-refractivity contribution is -0.305. The van der Waals surface area contributed by atoms with E-state index in [0.717, 1.165) is 12.8 Å². The molecule has 142 valence electrons. The van der Waals surface area contributed by atoms with Crippen LogP contribution in [0.25, 0.3) is 0 Å². The van der Waals surface area contributed by atoms with E-state index < -0.39 is 12.1 Å². The Morgan fingerprint density at radius 3 is 2.54 bits per heavy atom. The molecule has 1 rings (SSSR count). The summed E-state index contributed by atoms with van der Waals surface area (Å²) in [6.45, 7) is 2.07. The van der Waals surface area contributed by atoms with Crippen LogP contribution < -0.4 is 5.11 Å². The zero-order valence-corrected chi connectivity index (χ0v) is 15.4. The standard InChI is InChI=1S/C22H30O4/c1-2-3-9-14-19(23)15-10-6-4-5-7-11-16-20-21(26-20)17-12-8-13-18-22(24)25/h3-12,15-16,19-21,23H,2,13-14,17-18H2,1H3,(H,24,25)/p-1/b6-4-,7-5+,9-3-,12-8-,15-10+,16-11+/t19-,20?,21?/m1/s1. The molecule has 0 saturated carbocycles. The van der Waals surface area contributed by atoms with E-state index in [1.807, 2.05) is 66.8 Å². The van der Waals surface area contributed by atoms with E-state index in [2.05, 4.69) is 6.92 Å². The maximum absolute atomic E-state index is 10.3. The van der Waals surface area contributed by atoms with Crippen LogP contribution in [-0.4, -0.2) is 29.4 Å². The van der Waals surface area contributed by atoms with E-state index in [-0.39, 0.29) is 18.6 Å². The summed E-state index contributed by atoms with van der Waals surface area (Å²) in [6, 6.07) is 0. The van der Waals surface area contributed by atoms with E-state index in [1.54, 1.807) is 6.08 Å². The maximum Gasteiger partial charge on any atom is 0.103 e. The van der Waals surface area contributed by atoms with E-state index in [1.165, 1.54) is 0 Å². The third-order valence-corrected chi connectivity index (χ3v) is 3.64. The molecule has 1 saturated heterocycles. The molecule has 0 bridgehead atoms. The van der Waals surface area contributed by atoms with Crippen molar-refractivity contribution in [1.82, 2.24) is 0 Å². The first-order valence-corrected chi connectivity index (χ1v) is 9.15. The Morgan fingerprint density at radius 2 is 1.81 bits per heavy atom. The zero-order valence-electron chi connectivity index (χ0n) is 15.4. The van der Waals surface area contributed by atoms with Gasteiger partial charge < -0.3 is 19.7 Å². The topological polar surface area (TPSA) is 72.9 Å². The highest BCUT2D eigenvalue weighted by atomic mass is 16.6. The first kappa shape index (κ1) is 21.9. The summed E-state index contributed by atoms with van der Waals surface area (Å²) in [4.78, 5) is 10.3. The normalized spacial score (nSPS) is 22.1. The summed E-state index contributed by atoms with van der Waals surface area (Å²) in [5, 5.41) is 19.9. The van der Waals surface area contributed by atoms with Gasteiger partial charge in [0.25, 0.3) is 0 Å². The molecule has 4 nitrogen and oxygen atoms in total. The second-order valence-corrected chi connectivity index (χ2v) is 5.98. The lowest BCUT2D eigenvalue weighted by Gasteiger charge is -1.98. The molecule has 0 aromatic heterocycles. The van der Waals surface area contributed by atoms with Crippen LogP contribution in [0, 0.1) is 0 Å². The number of aliphatic hydroxyl groups excluding tert-OH is 1. The third kappa shape index (κ3) is 12.2. The summed E-state index contributed by atoms with van der Waals surface area (Å²) < 4.78 is 5.49. The van der Waals surface area contributed by atoms with Gasteiger partial charge in [-0.1, -0.05) is 79.8 Å². The predicted octanol–water partition coefficient (Wildman–Crippen LogP) is 3.17. The molecule has 0 aromatic rings. The minimum absolute atomic E-state index is 0.0632. The van der Waals surface area contributed by atoms with Gasteiger partial charge in [0.05, 0.1) is 12.2 Å². The van der Waals surface area contributed by atoms with Crippen LogP contribution in [0.4, 0.5) is 0 Å². The van der Waals surface area contributed by atoms with Crippen molar-refractivity contribution in [3.05, 3.63) is 72.9 Å². The molecule has 2 unspecified atom stereocenters. The Bertz CT molecular complexity index is 567. The average molecular weight is 357 g/mol. The molecule has 1 heterocycles. The number of carboxylic acid groups (broad SMARTS) is 1. The minimum Gasteiger partial charge on any atom is -0.550 e. The Balaban J connectivity index is 2.11. The lowest BCUT2D eigenvalue weighted by Crippen LogP contribution is -2.21. The summed E-state index contributed by atoms with van der Waals surface area (Å²) in [7, 11) is 0. The summed E-state index contributed by atoms with van der Waals surface area (Å²) in [5.74, 6) is -1.02. The van der Waals surface area contributed by atoms with Crippen LogP contribution >= 0.6 is 0 Å². The van der Waals surface area contributed by atoms with Gasteiger partial charge in [0.2, 0.25) is 0 Å². The van der Waals surface area contributed by atoms with Gasteiger partial charge in [-0.3, -0.25) is 0 Å². The number of carboxylic acids is 1. The number of aliphatic carboxylic acids is 1. The molecule has 1 fully saturated rings. The van der Waals surface area contributed by atoms with Gasteiger partial charge >= 0.3 is 0 Å². The van der Waals surface area contributed by atoms with Gasteiger partial charge in [0.15, 0.2) is 0 Å². The third-order valence-electron chi connectivity index (χ3n) is 3.64. The highest BCUT2D eigenvalue weighted by molar-refractivity contribution is 5.64. The van der Waals surface area contributed by atoms with E-state index in [4.69, 9.17) is 4.74 Å². The van der Waals surface area contributed by atoms with E-state index >= 15 is 0 Å². The number of rotatable bonds is 13. The second-order valence-electron chi connectivity index (χ2n) is 5.98. The van der Waals surface area contributed by atoms with Crippen LogP contribution in [0.1, 0.15) is 39.0 Å². The number of carbonyl (C=O) groups is 1. The van der Waals surface area contributed by atoms with Gasteiger partial charge in [0, 0.05) is 5.97 Å². The molecule has 1 N–H and O–H groups in total. The van der Waals surface area contributed by atoms with Crippen molar-refractivity contribution in [2.75, 3.05) is 0 Å². The Labute approximate surface area is 156 Å².